The largest absolute Gasteiger partial charge is 0.274 e. The van der Waals surface area contributed by atoms with Gasteiger partial charge in [-0.05, 0) is 23.6 Å². The Morgan fingerprint density at radius 3 is 2.59 bits per heavy atom. The molecule has 0 bridgehead atoms. The zero-order chi connectivity index (χ0) is 15.7. The molecule has 1 fully saturated rings. The Labute approximate surface area is 132 Å². The fourth-order valence-electron chi connectivity index (χ4n) is 2.36. The molecule has 0 saturated carbocycles. The van der Waals surface area contributed by atoms with Crippen LogP contribution in [0.25, 0.3) is 0 Å². The lowest BCUT2D eigenvalue weighted by Gasteiger charge is -2.15. The van der Waals surface area contributed by atoms with E-state index in [0.29, 0.717) is 16.8 Å². The number of benzene rings is 1. The van der Waals surface area contributed by atoms with Gasteiger partial charge in [0.1, 0.15) is 11.6 Å². The first-order valence-electron chi connectivity index (χ1n) is 7.05. The van der Waals surface area contributed by atoms with Crippen molar-refractivity contribution in [2.45, 2.75) is 36.6 Å². The average Bonchev–Trinajstić information content (AvgIpc) is 3.09. The Balaban J connectivity index is 1.79. The van der Waals surface area contributed by atoms with E-state index in [-0.39, 0.29) is 18.2 Å². The van der Waals surface area contributed by atoms with Crippen LogP contribution in [0.4, 0.5) is 5.69 Å². The van der Waals surface area contributed by atoms with Crippen molar-refractivity contribution in [3.8, 4) is 0 Å². The third-order valence-corrected chi connectivity index (χ3v) is 4.64. The van der Waals surface area contributed by atoms with Gasteiger partial charge < -0.3 is 0 Å². The van der Waals surface area contributed by atoms with Crippen LogP contribution in [-0.2, 0) is 9.59 Å². The molecule has 1 saturated heterocycles. The molecule has 0 aliphatic carbocycles. The maximum Gasteiger partial charge on any atom is 0.247 e. The molecule has 0 radical (unpaired) electrons. The third kappa shape index (κ3) is 2.76. The number of H-pyrrole nitrogens is 1. The number of nitrogens with one attached hydrogen (secondary N) is 1. The van der Waals surface area contributed by atoms with Crippen molar-refractivity contribution >= 4 is 29.3 Å². The topological polar surface area (TPSA) is 79.0 Å². The third-order valence-electron chi connectivity index (χ3n) is 3.57. The van der Waals surface area contributed by atoms with Gasteiger partial charge in [-0.2, -0.15) is 5.10 Å². The number of hydrogen-bond donors (Lipinski definition) is 1. The molecular weight excluding hydrogens is 300 g/mol. The van der Waals surface area contributed by atoms with Crippen molar-refractivity contribution in [1.29, 1.82) is 0 Å². The number of anilines is 1. The fraction of sp³-hybridized carbons (Fsp3) is 0.333. The summed E-state index contributed by atoms with van der Waals surface area (Å²) in [5.74, 6) is 0.0248. The van der Waals surface area contributed by atoms with Crippen LogP contribution in [0, 0.1) is 0 Å². The van der Waals surface area contributed by atoms with E-state index < -0.39 is 5.25 Å². The van der Waals surface area contributed by atoms with E-state index in [1.165, 1.54) is 28.6 Å². The van der Waals surface area contributed by atoms with Crippen LogP contribution in [0.1, 0.15) is 31.7 Å². The van der Waals surface area contributed by atoms with E-state index in [1.54, 1.807) is 0 Å². The fourth-order valence-corrected chi connectivity index (χ4v) is 3.28. The lowest BCUT2D eigenvalue weighted by molar-refractivity contribution is -0.121. The van der Waals surface area contributed by atoms with Gasteiger partial charge in [0.2, 0.25) is 11.8 Å². The molecule has 1 aromatic carbocycles. The van der Waals surface area contributed by atoms with E-state index in [9.17, 15) is 9.59 Å². The SMILES string of the molecule is CC(C)c1ccc(N2C(=O)C[C@@H](Sc3ncn[nH]3)C2=O)cc1. The minimum Gasteiger partial charge on any atom is -0.274 e. The summed E-state index contributed by atoms with van der Waals surface area (Å²) >= 11 is 1.23. The summed E-state index contributed by atoms with van der Waals surface area (Å²) in [5, 5.41) is 6.53. The van der Waals surface area contributed by atoms with Crippen molar-refractivity contribution in [2.24, 2.45) is 0 Å². The maximum atomic E-state index is 12.5. The summed E-state index contributed by atoms with van der Waals surface area (Å²) in [6.07, 6.45) is 1.56. The van der Waals surface area contributed by atoms with Gasteiger partial charge in [0, 0.05) is 6.42 Å². The Morgan fingerprint density at radius 2 is 2.00 bits per heavy atom. The molecule has 3 rings (SSSR count). The number of carbonyl (C=O) groups is 2. The molecule has 22 heavy (non-hydrogen) atoms. The molecule has 1 aliphatic heterocycles. The monoisotopic (exact) mass is 316 g/mol. The Morgan fingerprint density at radius 1 is 1.27 bits per heavy atom. The van der Waals surface area contributed by atoms with Gasteiger partial charge in [-0.1, -0.05) is 37.7 Å². The van der Waals surface area contributed by atoms with E-state index in [4.69, 9.17) is 0 Å². The zero-order valence-electron chi connectivity index (χ0n) is 12.3. The molecule has 0 unspecified atom stereocenters. The summed E-state index contributed by atoms with van der Waals surface area (Å²) in [5.41, 5.74) is 1.80. The Bertz CT molecular complexity index is 682. The van der Waals surface area contributed by atoms with Gasteiger partial charge in [0.05, 0.1) is 5.69 Å². The molecule has 1 aromatic heterocycles. The number of hydrogen-bond acceptors (Lipinski definition) is 5. The molecule has 2 amide bonds. The van der Waals surface area contributed by atoms with E-state index in [0.717, 1.165) is 0 Å². The van der Waals surface area contributed by atoms with Crippen LogP contribution >= 0.6 is 11.8 Å². The molecule has 1 atom stereocenters. The number of thioether (sulfide) groups is 1. The van der Waals surface area contributed by atoms with Crippen LogP contribution < -0.4 is 4.90 Å². The van der Waals surface area contributed by atoms with Gasteiger partial charge in [-0.3, -0.25) is 14.7 Å². The summed E-state index contributed by atoms with van der Waals surface area (Å²) in [6, 6.07) is 7.56. The van der Waals surface area contributed by atoms with Crippen LogP contribution in [0.15, 0.2) is 35.7 Å². The second-order valence-electron chi connectivity index (χ2n) is 5.41. The van der Waals surface area contributed by atoms with Gasteiger partial charge in [-0.25, -0.2) is 9.88 Å². The Kier molecular flexibility index (Phi) is 3.98. The van der Waals surface area contributed by atoms with Crippen LogP contribution in [0.2, 0.25) is 0 Å². The predicted molar refractivity (Wildman–Crippen MR) is 83.7 cm³/mol. The molecule has 1 aliphatic rings. The highest BCUT2D eigenvalue weighted by Crippen LogP contribution is 2.32. The highest BCUT2D eigenvalue weighted by Gasteiger charge is 2.40. The quantitative estimate of drug-likeness (QED) is 0.876. The van der Waals surface area contributed by atoms with Crippen molar-refractivity contribution < 1.29 is 9.59 Å². The first-order chi connectivity index (χ1) is 10.6. The van der Waals surface area contributed by atoms with Gasteiger partial charge >= 0.3 is 0 Å². The lowest BCUT2D eigenvalue weighted by atomic mass is 10.0. The summed E-state index contributed by atoms with van der Waals surface area (Å²) in [4.78, 5) is 29.9. The number of aromatic nitrogens is 3. The lowest BCUT2D eigenvalue weighted by Crippen LogP contribution is -2.31. The number of imide groups is 1. The molecule has 0 spiro atoms. The smallest absolute Gasteiger partial charge is 0.247 e. The highest BCUT2D eigenvalue weighted by molar-refractivity contribution is 8.00. The van der Waals surface area contributed by atoms with Gasteiger partial charge in [0.15, 0.2) is 5.16 Å². The Hall–Kier alpha value is -2.15. The summed E-state index contributed by atoms with van der Waals surface area (Å²) in [6.45, 7) is 4.20. The van der Waals surface area contributed by atoms with Crippen LogP contribution in [0.3, 0.4) is 0 Å². The van der Waals surface area contributed by atoms with E-state index in [2.05, 4.69) is 29.0 Å². The minimum absolute atomic E-state index is 0.177. The molecule has 6 nitrogen and oxygen atoms in total. The number of carbonyl (C=O) groups excluding carboxylic acids is 2. The number of nitrogens with zero attached hydrogens (tertiary/aromatic N) is 3. The molecule has 2 heterocycles. The van der Waals surface area contributed by atoms with Gasteiger partial charge in [0.25, 0.3) is 0 Å². The van der Waals surface area contributed by atoms with Crippen LogP contribution in [0.5, 0.6) is 0 Å². The standard InChI is InChI=1S/C15H16N4O2S/c1-9(2)10-3-5-11(6-4-10)19-13(20)7-12(14(19)21)22-15-16-8-17-18-15/h3-6,8-9,12H,7H2,1-2H3,(H,16,17,18)/t12-/m1/s1. The van der Waals surface area contributed by atoms with E-state index >= 15 is 0 Å². The average molecular weight is 316 g/mol. The van der Waals surface area contributed by atoms with Crippen molar-refractivity contribution in [1.82, 2.24) is 15.2 Å². The molecule has 7 heteroatoms. The first-order valence-corrected chi connectivity index (χ1v) is 7.93. The minimum atomic E-state index is -0.453. The van der Waals surface area contributed by atoms with Gasteiger partial charge in [-0.15, -0.1) is 0 Å². The molecule has 1 N–H and O–H groups in total. The summed E-state index contributed by atoms with van der Waals surface area (Å²) < 4.78 is 0. The first kappa shape index (κ1) is 14.8. The molecule has 114 valence electrons. The number of rotatable bonds is 4. The van der Waals surface area contributed by atoms with Crippen molar-refractivity contribution in [3.63, 3.8) is 0 Å². The number of amides is 2. The molecule has 2 aromatic rings. The number of aromatic amines is 1. The summed E-state index contributed by atoms with van der Waals surface area (Å²) in [7, 11) is 0. The maximum absolute atomic E-state index is 12.5. The van der Waals surface area contributed by atoms with E-state index in [1.807, 2.05) is 24.3 Å². The second-order valence-corrected chi connectivity index (χ2v) is 6.61. The van der Waals surface area contributed by atoms with Crippen LogP contribution in [-0.4, -0.2) is 32.2 Å². The molecular formula is C15H16N4O2S. The zero-order valence-corrected chi connectivity index (χ0v) is 13.1. The second kappa shape index (κ2) is 5.92. The highest BCUT2D eigenvalue weighted by atomic mass is 32.2. The van der Waals surface area contributed by atoms with Crippen molar-refractivity contribution in [2.75, 3.05) is 4.90 Å². The normalized spacial score (nSPS) is 18.5. The van der Waals surface area contributed by atoms with Crippen molar-refractivity contribution in [3.05, 3.63) is 36.2 Å². The predicted octanol–water partition coefficient (Wildman–Crippen LogP) is 2.35.